The van der Waals surface area contributed by atoms with E-state index < -0.39 is 0 Å². The van der Waals surface area contributed by atoms with Crippen LogP contribution in [0.2, 0.25) is 0 Å². The monoisotopic (exact) mass is 307 g/mol. The van der Waals surface area contributed by atoms with Crippen molar-refractivity contribution in [2.45, 2.75) is 32.4 Å². The van der Waals surface area contributed by atoms with Crippen LogP contribution in [-0.2, 0) is 6.54 Å². The second kappa shape index (κ2) is 6.44. The first-order valence-electron chi connectivity index (χ1n) is 7.43. The van der Waals surface area contributed by atoms with Gasteiger partial charge in [0.25, 0.3) is 0 Å². The molecule has 3 rings (SSSR count). The highest BCUT2D eigenvalue weighted by Crippen LogP contribution is 2.25. The number of nitrogens with zero attached hydrogens (tertiary/aromatic N) is 3. The average Bonchev–Trinajstić information content (AvgIpc) is 3.09. The van der Waals surface area contributed by atoms with Crippen molar-refractivity contribution in [1.29, 1.82) is 0 Å². The van der Waals surface area contributed by atoms with Crippen molar-refractivity contribution in [3.63, 3.8) is 0 Å². The lowest BCUT2D eigenvalue weighted by Gasteiger charge is -2.19. The number of fused-ring (bicyclic) bond motifs is 1. The SMILES string of the molecule is CCN(CCNC(=O)NCc1cn2ccsc2n1)C1CC1. The lowest BCUT2D eigenvalue weighted by atomic mass is 10.4. The van der Waals surface area contributed by atoms with Gasteiger partial charge in [-0.2, -0.15) is 0 Å². The van der Waals surface area contributed by atoms with Gasteiger partial charge in [-0.15, -0.1) is 11.3 Å². The number of thiazole rings is 1. The van der Waals surface area contributed by atoms with Crippen molar-refractivity contribution >= 4 is 22.3 Å². The minimum atomic E-state index is -0.127. The molecule has 0 radical (unpaired) electrons. The number of rotatable bonds is 7. The molecule has 0 aromatic carbocycles. The molecule has 0 aliphatic heterocycles. The zero-order valence-corrected chi connectivity index (χ0v) is 13.0. The van der Waals surface area contributed by atoms with Crippen LogP contribution in [0.3, 0.4) is 0 Å². The van der Waals surface area contributed by atoms with Crippen LogP contribution >= 0.6 is 11.3 Å². The van der Waals surface area contributed by atoms with Gasteiger partial charge in [0.2, 0.25) is 0 Å². The molecular weight excluding hydrogens is 286 g/mol. The second-order valence-corrected chi connectivity index (χ2v) is 6.17. The van der Waals surface area contributed by atoms with E-state index in [2.05, 4.69) is 27.4 Å². The van der Waals surface area contributed by atoms with Crippen LogP contribution in [0.1, 0.15) is 25.5 Å². The maximum atomic E-state index is 11.8. The molecule has 21 heavy (non-hydrogen) atoms. The van der Waals surface area contributed by atoms with Crippen LogP contribution in [0.4, 0.5) is 4.79 Å². The van der Waals surface area contributed by atoms with Gasteiger partial charge in [0.1, 0.15) is 0 Å². The maximum Gasteiger partial charge on any atom is 0.315 e. The fraction of sp³-hybridized carbons (Fsp3) is 0.571. The lowest BCUT2D eigenvalue weighted by molar-refractivity contribution is 0.234. The van der Waals surface area contributed by atoms with Crippen LogP contribution in [0, 0.1) is 0 Å². The molecule has 0 saturated heterocycles. The molecule has 1 aliphatic rings. The number of likely N-dealkylation sites (N-methyl/N-ethyl adjacent to an activating group) is 1. The first-order valence-corrected chi connectivity index (χ1v) is 8.31. The Labute approximate surface area is 128 Å². The highest BCUT2D eigenvalue weighted by atomic mass is 32.1. The quantitative estimate of drug-likeness (QED) is 0.818. The van der Waals surface area contributed by atoms with Gasteiger partial charge < -0.3 is 10.6 Å². The van der Waals surface area contributed by atoms with Crippen molar-refractivity contribution < 1.29 is 4.79 Å². The molecule has 7 heteroatoms. The Bertz CT molecular complexity index is 575. The molecule has 0 atom stereocenters. The third kappa shape index (κ3) is 3.74. The average molecular weight is 307 g/mol. The van der Waals surface area contributed by atoms with Gasteiger partial charge in [-0.1, -0.05) is 6.92 Å². The molecule has 114 valence electrons. The fourth-order valence-electron chi connectivity index (χ4n) is 2.45. The van der Waals surface area contributed by atoms with Crippen molar-refractivity contribution in [3.05, 3.63) is 23.5 Å². The number of hydrogen-bond acceptors (Lipinski definition) is 4. The van der Waals surface area contributed by atoms with E-state index >= 15 is 0 Å². The smallest absolute Gasteiger partial charge is 0.315 e. The molecule has 2 amide bonds. The normalized spacial score (nSPS) is 14.8. The Hall–Kier alpha value is -1.60. The van der Waals surface area contributed by atoms with Crippen molar-refractivity contribution in [2.24, 2.45) is 0 Å². The van der Waals surface area contributed by atoms with Crippen molar-refractivity contribution in [1.82, 2.24) is 24.9 Å². The summed E-state index contributed by atoms with van der Waals surface area (Å²) in [5.74, 6) is 0. The number of imidazole rings is 1. The summed E-state index contributed by atoms with van der Waals surface area (Å²) in [6.07, 6.45) is 6.51. The maximum absolute atomic E-state index is 11.8. The van der Waals surface area contributed by atoms with Gasteiger partial charge in [0, 0.05) is 36.9 Å². The minimum Gasteiger partial charge on any atom is -0.337 e. The van der Waals surface area contributed by atoms with Gasteiger partial charge in [0.05, 0.1) is 12.2 Å². The number of carbonyl (C=O) groups is 1. The molecule has 1 aliphatic carbocycles. The summed E-state index contributed by atoms with van der Waals surface area (Å²) in [5.41, 5.74) is 0.880. The Morgan fingerprint density at radius 1 is 1.52 bits per heavy atom. The van der Waals surface area contributed by atoms with Crippen molar-refractivity contribution in [2.75, 3.05) is 19.6 Å². The van der Waals surface area contributed by atoms with Gasteiger partial charge in [0.15, 0.2) is 4.96 Å². The summed E-state index contributed by atoms with van der Waals surface area (Å²) < 4.78 is 1.97. The number of amides is 2. The molecule has 1 saturated carbocycles. The minimum absolute atomic E-state index is 0.127. The predicted molar refractivity (Wildman–Crippen MR) is 83.6 cm³/mol. The molecule has 2 heterocycles. The first-order chi connectivity index (χ1) is 10.3. The molecule has 1 fully saturated rings. The summed E-state index contributed by atoms with van der Waals surface area (Å²) in [7, 11) is 0. The van der Waals surface area contributed by atoms with Gasteiger partial charge >= 0.3 is 6.03 Å². The summed E-state index contributed by atoms with van der Waals surface area (Å²) in [6, 6.07) is 0.622. The van der Waals surface area contributed by atoms with Crippen LogP contribution in [0.5, 0.6) is 0 Å². The van der Waals surface area contributed by atoms with E-state index in [4.69, 9.17) is 0 Å². The predicted octanol–water partition coefficient (Wildman–Crippen LogP) is 1.68. The molecule has 6 nitrogen and oxygen atoms in total. The number of aromatic nitrogens is 2. The summed E-state index contributed by atoms with van der Waals surface area (Å²) >= 11 is 1.59. The number of urea groups is 1. The third-order valence-electron chi connectivity index (χ3n) is 3.73. The highest BCUT2D eigenvalue weighted by molar-refractivity contribution is 7.15. The summed E-state index contributed by atoms with van der Waals surface area (Å²) in [6.45, 7) is 5.30. The summed E-state index contributed by atoms with van der Waals surface area (Å²) in [4.78, 5) is 19.6. The number of nitrogens with one attached hydrogen (secondary N) is 2. The van der Waals surface area contributed by atoms with E-state index in [0.717, 1.165) is 29.8 Å². The third-order valence-corrected chi connectivity index (χ3v) is 4.50. The Balaban J connectivity index is 1.37. The van der Waals surface area contributed by atoms with E-state index in [9.17, 15) is 4.79 Å². The van der Waals surface area contributed by atoms with Crippen LogP contribution in [-0.4, -0.2) is 46.0 Å². The van der Waals surface area contributed by atoms with Crippen LogP contribution in [0.15, 0.2) is 17.8 Å². The van der Waals surface area contributed by atoms with Gasteiger partial charge in [-0.3, -0.25) is 9.30 Å². The highest BCUT2D eigenvalue weighted by Gasteiger charge is 2.27. The fourth-order valence-corrected chi connectivity index (χ4v) is 3.17. The Morgan fingerprint density at radius 3 is 3.10 bits per heavy atom. The van der Waals surface area contributed by atoms with Crippen LogP contribution in [0.25, 0.3) is 4.96 Å². The Morgan fingerprint density at radius 2 is 2.38 bits per heavy atom. The molecule has 2 aromatic heterocycles. The molecule has 2 aromatic rings. The largest absolute Gasteiger partial charge is 0.337 e. The van der Waals surface area contributed by atoms with Gasteiger partial charge in [-0.25, -0.2) is 9.78 Å². The standard InChI is InChI=1S/C14H21N5OS/c1-2-18(12-3-4-12)6-5-15-13(20)16-9-11-10-19-7-8-21-14(19)17-11/h7-8,10,12H,2-6,9H2,1H3,(H2,15,16,20). The molecule has 0 bridgehead atoms. The van der Waals surface area contributed by atoms with Gasteiger partial charge in [-0.05, 0) is 19.4 Å². The lowest BCUT2D eigenvalue weighted by Crippen LogP contribution is -2.40. The van der Waals surface area contributed by atoms with E-state index in [-0.39, 0.29) is 6.03 Å². The van der Waals surface area contributed by atoms with Crippen molar-refractivity contribution in [3.8, 4) is 0 Å². The van der Waals surface area contributed by atoms with E-state index in [0.29, 0.717) is 13.1 Å². The zero-order valence-electron chi connectivity index (χ0n) is 12.2. The van der Waals surface area contributed by atoms with E-state index in [1.54, 1.807) is 11.3 Å². The number of carbonyl (C=O) groups excluding carboxylic acids is 1. The molecule has 0 unspecified atom stereocenters. The second-order valence-electron chi connectivity index (χ2n) is 5.29. The Kier molecular flexibility index (Phi) is 4.40. The van der Waals surface area contributed by atoms with E-state index in [1.807, 2.05) is 22.2 Å². The molecular formula is C14H21N5OS. The molecule has 2 N–H and O–H groups in total. The first kappa shape index (κ1) is 14.3. The number of hydrogen-bond donors (Lipinski definition) is 2. The topological polar surface area (TPSA) is 61.7 Å². The van der Waals surface area contributed by atoms with Crippen LogP contribution < -0.4 is 10.6 Å². The zero-order chi connectivity index (χ0) is 14.7. The molecule has 0 spiro atoms. The summed E-state index contributed by atoms with van der Waals surface area (Å²) in [5, 5.41) is 7.74. The van der Waals surface area contributed by atoms with E-state index in [1.165, 1.54) is 12.8 Å².